The molecule has 0 radical (unpaired) electrons. The van der Waals surface area contributed by atoms with Crippen LogP contribution in [-0.2, 0) is 27.7 Å². The van der Waals surface area contributed by atoms with Gasteiger partial charge in [-0.05, 0) is 66.6 Å². The van der Waals surface area contributed by atoms with Crippen LogP contribution in [0.5, 0.6) is 0 Å². The SMILES string of the molecule is O=C(N[C@H]1CCCc2ccccc21)[C@H](Cc1ccccc1)NS(=O)(=O)c1ccc(Cl)cc1. The molecule has 0 heterocycles. The second kappa shape index (κ2) is 9.86. The van der Waals surface area contributed by atoms with Gasteiger partial charge >= 0.3 is 0 Å². The summed E-state index contributed by atoms with van der Waals surface area (Å²) in [6.45, 7) is 0. The number of hydrogen-bond acceptors (Lipinski definition) is 3. The summed E-state index contributed by atoms with van der Waals surface area (Å²) in [7, 11) is -3.91. The first-order chi connectivity index (χ1) is 15.4. The molecule has 5 nitrogen and oxygen atoms in total. The van der Waals surface area contributed by atoms with E-state index in [1.165, 1.54) is 29.8 Å². The number of hydrogen-bond donors (Lipinski definition) is 2. The van der Waals surface area contributed by atoms with E-state index >= 15 is 0 Å². The van der Waals surface area contributed by atoms with Crippen LogP contribution in [0.25, 0.3) is 0 Å². The summed E-state index contributed by atoms with van der Waals surface area (Å²) in [5, 5.41) is 3.53. The molecular weight excluding hydrogens is 444 g/mol. The van der Waals surface area contributed by atoms with Gasteiger partial charge in [0.05, 0.1) is 10.9 Å². The first-order valence-corrected chi connectivity index (χ1v) is 12.5. The average molecular weight is 469 g/mol. The third-order valence-corrected chi connectivity index (χ3v) is 7.45. The molecule has 0 aromatic heterocycles. The number of halogens is 1. The third kappa shape index (κ3) is 5.38. The van der Waals surface area contributed by atoms with Gasteiger partial charge < -0.3 is 5.32 Å². The average Bonchev–Trinajstić information content (AvgIpc) is 2.80. The zero-order valence-corrected chi connectivity index (χ0v) is 19.1. The summed E-state index contributed by atoms with van der Waals surface area (Å²) in [4.78, 5) is 13.4. The highest BCUT2D eigenvalue weighted by atomic mass is 35.5. The van der Waals surface area contributed by atoms with Gasteiger partial charge in [-0.1, -0.05) is 66.2 Å². The number of carbonyl (C=O) groups excluding carboxylic acids is 1. The topological polar surface area (TPSA) is 75.3 Å². The summed E-state index contributed by atoms with van der Waals surface area (Å²) >= 11 is 5.90. The third-order valence-electron chi connectivity index (χ3n) is 5.71. The summed E-state index contributed by atoms with van der Waals surface area (Å²) in [6, 6.07) is 22.3. The molecule has 3 aromatic carbocycles. The van der Waals surface area contributed by atoms with Crippen molar-refractivity contribution < 1.29 is 13.2 Å². The second-order valence-corrected chi connectivity index (χ2v) is 10.1. The van der Waals surface area contributed by atoms with Crippen molar-refractivity contribution in [2.75, 3.05) is 0 Å². The molecule has 0 saturated carbocycles. The normalized spacial score (nSPS) is 16.7. The predicted octanol–water partition coefficient (Wildman–Crippen LogP) is 4.42. The Hall–Kier alpha value is -2.67. The Morgan fingerprint density at radius 2 is 1.66 bits per heavy atom. The molecule has 32 heavy (non-hydrogen) atoms. The molecule has 2 N–H and O–H groups in total. The minimum absolute atomic E-state index is 0.0655. The fraction of sp³-hybridized carbons (Fsp3) is 0.240. The number of rotatable bonds is 7. The van der Waals surface area contributed by atoms with Crippen molar-refractivity contribution >= 4 is 27.5 Å². The Morgan fingerprint density at radius 1 is 0.969 bits per heavy atom. The summed E-state index contributed by atoms with van der Waals surface area (Å²) < 4.78 is 28.6. The maximum atomic E-state index is 13.3. The Bertz CT molecular complexity index is 1180. The Balaban J connectivity index is 1.58. The first-order valence-electron chi connectivity index (χ1n) is 10.6. The number of fused-ring (bicyclic) bond motifs is 1. The van der Waals surface area contributed by atoms with E-state index in [0.717, 1.165) is 30.4 Å². The molecule has 3 aromatic rings. The maximum Gasteiger partial charge on any atom is 0.241 e. The van der Waals surface area contributed by atoms with Gasteiger partial charge in [0, 0.05) is 5.02 Å². The predicted molar refractivity (Wildman–Crippen MR) is 126 cm³/mol. The molecule has 4 rings (SSSR count). The Morgan fingerprint density at radius 3 is 2.41 bits per heavy atom. The summed E-state index contributed by atoms with van der Waals surface area (Å²) in [6.07, 6.45) is 3.03. The van der Waals surface area contributed by atoms with E-state index < -0.39 is 16.1 Å². The van der Waals surface area contributed by atoms with Gasteiger partial charge in [0.25, 0.3) is 0 Å². The molecule has 0 saturated heterocycles. The largest absolute Gasteiger partial charge is 0.348 e. The minimum Gasteiger partial charge on any atom is -0.348 e. The summed E-state index contributed by atoms with van der Waals surface area (Å²) in [5.74, 6) is -0.340. The molecule has 1 aliphatic carbocycles. The van der Waals surface area contributed by atoms with Crippen molar-refractivity contribution in [1.29, 1.82) is 0 Å². The van der Waals surface area contributed by atoms with Crippen LogP contribution in [0.15, 0.2) is 83.8 Å². The lowest BCUT2D eigenvalue weighted by Crippen LogP contribution is -2.49. The smallest absolute Gasteiger partial charge is 0.241 e. The lowest BCUT2D eigenvalue weighted by molar-refractivity contribution is -0.123. The van der Waals surface area contributed by atoms with Crippen LogP contribution < -0.4 is 10.0 Å². The van der Waals surface area contributed by atoms with Crippen LogP contribution in [0.2, 0.25) is 5.02 Å². The standard InChI is InChI=1S/C25H25ClN2O3S/c26-20-13-15-21(16-14-20)32(30,31)28-24(17-18-7-2-1-3-8-18)25(29)27-23-12-6-10-19-9-4-5-11-22(19)23/h1-5,7-9,11,13-16,23-24,28H,6,10,12,17H2,(H,27,29)/t23-,24-/m0/s1. The zero-order valence-electron chi connectivity index (χ0n) is 17.5. The van der Waals surface area contributed by atoms with Gasteiger partial charge in [0.1, 0.15) is 6.04 Å². The highest BCUT2D eigenvalue weighted by Crippen LogP contribution is 2.29. The van der Waals surface area contributed by atoms with Crippen molar-refractivity contribution in [3.05, 3.63) is 101 Å². The number of benzene rings is 3. The molecule has 2 atom stereocenters. The zero-order chi connectivity index (χ0) is 22.6. The lowest BCUT2D eigenvalue weighted by Gasteiger charge is -2.28. The van der Waals surface area contributed by atoms with Crippen LogP contribution in [0, 0.1) is 0 Å². The van der Waals surface area contributed by atoms with Crippen molar-refractivity contribution in [1.82, 2.24) is 10.0 Å². The van der Waals surface area contributed by atoms with Crippen LogP contribution in [0.1, 0.15) is 35.6 Å². The van der Waals surface area contributed by atoms with Gasteiger partial charge in [-0.15, -0.1) is 0 Å². The van der Waals surface area contributed by atoms with Crippen LogP contribution in [0.3, 0.4) is 0 Å². The second-order valence-electron chi connectivity index (χ2n) is 7.97. The molecule has 1 amide bonds. The summed E-state index contributed by atoms with van der Waals surface area (Å²) in [5.41, 5.74) is 3.20. The number of amides is 1. The van der Waals surface area contributed by atoms with Crippen LogP contribution in [0.4, 0.5) is 0 Å². The van der Waals surface area contributed by atoms with E-state index in [1.807, 2.05) is 48.5 Å². The van der Waals surface area contributed by atoms with E-state index in [4.69, 9.17) is 11.6 Å². The number of aryl methyl sites for hydroxylation is 1. The van der Waals surface area contributed by atoms with Gasteiger partial charge in [0.2, 0.25) is 15.9 Å². The van der Waals surface area contributed by atoms with Crippen molar-refractivity contribution in [3.8, 4) is 0 Å². The fourth-order valence-corrected chi connectivity index (χ4v) is 5.40. The number of nitrogens with one attached hydrogen (secondary N) is 2. The van der Waals surface area contributed by atoms with Gasteiger partial charge in [-0.2, -0.15) is 4.72 Å². The molecular formula is C25H25ClN2O3S. The molecule has 0 aliphatic heterocycles. The van der Waals surface area contributed by atoms with Crippen molar-refractivity contribution in [2.24, 2.45) is 0 Å². The highest BCUT2D eigenvalue weighted by molar-refractivity contribution is 7.89. The van der Waals surface area contributed by atoms with Gasteiger partial charge in [0.15, 0.2) is 0 Å². The molecule has 1 aliphatic rings. The number of carbonyl (C=O) groups is 1. The highest BCUT2D eigenvalue weighted by Gasteiger charge is 2.29. The molecule has 7 heteroatoms. The van der Waals surface area contributed by atoms with Crippen molar-refractivity contribution in [2.45, 2.75) is 42.7 Å². The van der Waals surface area contributed by atoms with Gasteiger partial charge in [-0.25, -0.2) is 8.42 Å². The Kier molecular flexibility index (Phi) is 6.94. The fourth-order valence-electron chi connectivity index (χ4n) is 4.08. The van der Waals surface area contributed by atoms with E-state index in [1.54, 1.807) is 0 Å². The monoisotopic (exact) mass is 468 g/mol. The van der Waals surface area contributed by atoms with E-state index in [-0.39, 0.29) is 23.3 Å². The van der Waals surface area contributed by atoms with Gasteiger partial charge in [-0.3, -0.25) is 4.79 Å². The lowest BCUT2D eigenvalue weighted by atomic mass is 9.87. The van der Waals surface area contributed by atoms with E-state index in [0.29, 0.717) is 5.02 Å². The quantitative estimate of drug-likeness (QED) is 0.538. The molecule has 0 bridgehead atoms. The number of sulfonamides is 1. The van der Waals surface area contributed by atoms with Crippen molar-refractivity contribution in [3.63, 3.8) is 0 Å². The molecule has 0 spiro atoms. The van der Waals surface area contributed by atoms with Crippen LogP contribution >= 0.6 is 11.6 Å². The van der Waals surface area contributed by atoms with Crippen LogP contribution in [-0.4, -0.2) is 20.4 Å². The molecule has 166 valence electrons. The van der Waals surface area contributed by atoms with E-state index in [9.17, 15) is 13.2 Å². The first kappa shape index (κ1) is 22.5. The molecule has 0 unspecified atom stereocenters. The maximum absolute atomic E-state index is 13.3. The molecule has 0 fully saturated rings. The van der Waals surface area contributed by atoms with E-state index in [2.05, 4.69) is 16.1 Å². The minimum atomic E-state index is -3.91. The Labute approximate surface area is 193 Å².